The van der Waals surface area contributed by atoms with E-state index in [-0.39, 0.29) is 0 Å². The molecule has 10 aromatic rings. The average molecular weight is 615 g/mol. The van der Waals surface area contributed by atoms with Gasteiger partial charge in [0.05, 0.1) is 22.1 Å². The normalized spacial score (nSPS) is 12.1. The first kappa shape index (κ1) is 24.6. The molecule has 4 aromatic heterocycles. The van der Waals surface area contributed by atoms with Crippen LogP contribution < -0.4 is 4.90 Å². The van der Waals surface area contributed by atoms with E-state index in [0.29, 0.717) is 0 Å². The van der Waals surface area contributed by atoms with Gasteiger partial charge in [0, 0.05) is 61.8 Å². The van der Waals surface area contributed by atoms with Gasteiger partial charge in [-0.2, -0.15) is 0 Å². The quantitative estimate of drug-likeness (QED) is 0.197. The lowest BCUT2D eigenvalue weighted by Gasteiger charge is -2.25. The van der Waals surface area contributed by atoms with Crippen molar-refractivity contribution in [2.45, 2.75) is 0 Å². The third-order valence-electron chi connectivity index (χ3n) is 8.66. The SMILES string of the molecule is c1ccc2cc3c(cc2c1)sc1cc(N(c2ccc4sc5ccccc5c4c2)c2ccc4sc5ccccc5c4c2)cnc13. The minimum absolute atomic E-state index is 1.06. The summed E-state index contributed by atoms with van der Waals surface area (Å²) in [5, 5.41) is 8.92. The Labute approximate surface area is 264 Å². The number of thiophene rings is 3. The molecule has 0 fully saturated rings. The van der Waals surface area contributed by atoms with Crippen molar-refractivity contribution in [2.75, 3.05) is 4.90 Å². The summed E-state index contributed by atoms with van der Waals surface area (Å²) in [6.07, 6.45) is 2.05. The molecule has 10 rings (SSSR count). The van der Waals surface area contributed by atoms with Crippen molar-refractivity contribution in [1.29, 1.82) is 0 Å². The summed E-state index contributed by atoms with van der Waals surface area (Å²) in [6, 6.07) is 46.7. The molecule has 0 saturated heterocycles. The Hall–Kier alpha value is -4.81. The van der Waals surface area contributed by atoms with E-state index < -0.39 is 0 Å². The molecule has 44 heavy (non-hydrogen) atoms. The largest absolute Gasteiger partial charge is 0.309 e. The monoisotopic (exact) mass is 614 g/mol. The van der Waals surface area contributed by atoms with Gasteiger partial charge < -0.3 is 4.90 Å². The fourth-order valence-corrected chi connectivity index (χ4v) is 9.90. The molecule has 5 heteroatoms. The fraction of sp³-hybridized carbons (Fsp3) is 0. The predicted octanol–water partition coefficient (Wildman–Crippen LogP) is 12.8. The molecule has 0 bridgehead atoms. The number of hydrogen-bond donors (Lipinski definition) is 0. The van der Waals surface area contributed by atoms with E-state index >= 15 is 0 Å². The van der Waals surface area contributed by atoms with Crippen molar-refractivity contribution in [3.8, 4) is 0 Å². The molecular formula is C39H22N2S3. The molecule has 0 radical (unpaired) electrons. The first-order chi connectivity index (χ1) is 21.8. The zero-order valence-electron chi connectivity index (χ0n) is 23.3. The van der Waals surface area contributed by atoms with E-state index in [1.165, 1.54) is 65.9 Å². The molecule has 0 saturated carbocycles. The highest BCUT2D eigenvalue weighted by Crippen LogP contribution is 2.44. The highest BCUT2D eigenvalue weighted by atomic mass is 32.1. The molecule has 0 aliphatic carbocycles. The van der Waals surface area contributed by atoms with Crippen molar-refractivity contribution in [3.05, 3.63) is 134 Å². The Balaban J connectivity index is 1.22. The van der Waals surface area contributed by atoms with Gasteiger partial charge >= 0.3 is 0 Å². The maximum absolute atomic E-state index is 5.13. The van der Waals surface area contributed by atoms with Crippen molar-refractivity contribution in [2.24, 2.45) is 0 Å². The van der Waals surface area contributed by atoms with Gasteiger partial charge in [-0.25, -0.2) is 0 Å². The van der Waals surface area contributed by atoms with Crippen LogP contribution in [0.1, 0.15) is 0 Å². The van der Waals surface area contributed by atoms with Gasteiger partial charge in [0.1, 0.15) is 0 Å². The number of anilines is 3. The number of nitrogens with zero attached hydrogens (tertiary/aromatic N) is 2. The van der Waals surface area contributed by atoms with Gasteiger partial charge in [0.15, 0.2) is 0 Å². The smallest absolute Gasteiger partial charge is 0.0890 e. The molecule has 0 N–H and O–H groups in total. The predicted molar refractivity (Wildman–Crippen MR) is 195 cm³/mol. The van der Waals surface area contributed by atoms with Crippen LogP contribution in [0.25, 0.3) is 71.4 Å². The summed E-state index contributed by atoms with van der Waals surface area (Å²) < 4.78 is 7.71. The first-order valence-corrected chi connectivity index (χ1v) is 17.1. The van der Waals surface area contributed by atoms with Gasteiger partial charge in [0.2, 0.25) is 0 Å². The number of rotatable bonds is 3. The van der Waals surface area contributed by atoms with Gasteiger partial charge in [-0.1, -0.05) is 60.7 Å². The van der Waals surface area contributed by atoms with Crippen LogP contribution in [0.3, 0.4) is 0 Å². The first-order valence-electron chi connectivity index (χ1n) is 14.6. The Kier molecular flexibility index (Phi) is 5.23. The maximum atomic E-state index is 5.13. The number of aromatic nitrogens is 1. The number of pyridine rings is 1. The van der Waals surface area contributed by atoms with Crippen LogP contribution in [0.5, 0.6) is 0 Å². The molecule has 0 aliphatic heterocycles. The zero-order valence-corrected chi connectivity index (χ0v) is 25.8. The molecule has 6 aromatic carbocycles. The lowest BCUT2D eigenvalue weighted by atomic mass is 10.1. The van der Waals surface area contributed by atoms with Gasteiger partial charge in [-0.15, -0.1) is 34.0 Å². The molecule has 0 spiro atoms. The van der Waals surface area contributed by atoms with Crippen molar-refractivity contribution < 1.29 is 0 Å². The molecular weight excluding hydrogens is 593 g/mol. The third-order valence-corrected chi connectivity index (χ3v) is 12.0. The molecule has 0 unspecified atom stereocenters. The molecule has 0 amide bonds. The van der Waals surface area contributed by atoms with Crippen LogP contribution >= 0.6 is 34.0 Å². The summed E-state index contributed by atoms with van der Waals surface area (Å²) in [4.78, 5) is 7.51. The van der Waals surface area contributed by atoms with Gasteiger partial charge in [-0.05, 0) is 77.5 Å². The van der Waals surface area contributed by atoms with E-state index in [9.17, 15) is 0 Å². The summed E-state index contributed by atoms with van der Waals surface area (Å²) in [5.41, 5.74) is 4.39. The van der Waals surface area contributed by atoms with Crippen LogP contribution in [0.4, 0.5) is 17.1 Å². The summed E-state index contributed by atoms with van der Waals surface area (Å²) >= 11 is 5.53. The standard InChI is InChI=1S/C39H22N2S3/c1-2-8-24-18-37-32(17-23(24)7-1)39-38(44-37)21-27(22-40-39)41(25-13-15-35-30(19-25)28-9-3-5-11-33(28)42-35)26-14-16-36-31(20-26)29-10-4-6-12-34(29)43-36/h1-22H. The van der Waals surface area contributed by atoms with Crippen molar-refractivity contribution >= 4 is 122 Å². The van der Waals surface area contributed by atoms with E-state index in [4.69, 9.17) is 4.98 Å². The van der Waals surface area contributed by atoms with E-state index in [1.54, 1.807) is 0 Å². The number of benzene rings is 6. The number of hydrogen-bond acceptors (Lipinski definition) is 5. The molecule has 4 heterocycles. The fourth-order valence-electron chi connectivity index (χ4n) is 6.60. The lowest BCUT2D eigenvalue weighted by molar-refractivity contribution is 1.27. The molecule has 0 atom stereocenters. The summed E-state index contributed by atoms with van der Waals surface area (Å²) in [7, 11) is 0. The Bertz CT molecular complexity index is 2630. The second-order valence-electron chi connectivity index (χ2n) is 11.2. The van der Waals surface area contributed by atoms with Crippen molar-refractivity contribution in [1.82, 2.24) is 4.98 Å². The number of fused-ring (bicyclic) bond motifs is 10. The van der Waals surface area contributed by atoms with Crippen LogP contribution in [0, 0.1) is 0 Å². The van der Waals surface area contributed by atoms with Crippen LogP contribution in [-0.2, 0) is 0 Å². The second-order valence-corrected chi connectivity index (χ2v) is 14.5. The Morgan fingerprint density at radius 1 is 0.386 bits per heavy atom. The topological polar surface area (TPSA) is 16.1 Å². The maximum Gasteiger partial charge on any atom is 0.0890 e. The average Bonchev–Trinajstić information content (AvgIpc) is 3.74. The molecule has 206 valence electrons. The van der Waals surface area contributed by atoms with E-state index in [0.717, 1.165) is 22.6 Å². The van der Waals surface area contributed by atoms with E-state index in [2.05, 4.69) is 138 Å². The Morgan fingerprint density at radius 2 is 0.932 bits per heavy atom. The molecule has 0 aliphatic rings. The minimum atomic E-state index is 1.06. The van der Waals surface area contributed by atoms with E-state index in [1.807, 2.05) is 34.0 Å². The highest BCUT2D eigenvalue weighted by Gasteiger charge is 2.19. The minimum Gasteiger partial charge on any atom is -0.309 e. The highest BCUT2D eigenvalue weighted by molar-refractivity contribution is 7.26. The van der Waals surface area contributed by atoms with Gasteiger partial charge in [0.25, 0.3) is 0 Å². The van der Waals surface area contributed by atoms with Gasteiger partial charge in [-0.3, -0.25) is 4.98 Å². The van der Waals surface area contributed by atoms with Crippen LogP contribution in [-0.4, -0.2) is 4.98 Å². The van der Waals surface area contributed by atoms with Crippen molar-refractivity contribution in [3.63, 3.8) is 0 Å². The van der Waals surface area contributed by atoms with Crippen LogP contribution in [0.2, 0.25) is 0 Å². The second kappa shape index (κ2) is 9.34. The summed E-state index contributed by atoms with van der Waals surface area (Å²) in [6.45, 7) is 0. The lowest BCUT2D eigenvalue weighted by Crippen LogP contribution is -2.10. The zero-order chi connectivity index (χ0) is 28.8. The molecule has 2 nitrogen and oxygen atoms in total. The summed E-state index contributed by atoms with van der Waals surface area (Å²) in [5.74, 6) is 0. The Morgan fingerprint density at radius 3 is 1.59 bits per heavy atom. The van der Waals surface area contributed by atoms with Crippen LogP contribution in [0.15, 0.2) is 134 Å². The third kappa shape index (κ3) is 3.67.